The Kier molecular flexibility index (Phi) is 6.70. The van der Waals surface area contributed by atoms with Gasteiger partial charge in [0.15, 0.2) is 0 Å². The lowest BCUT2D eigenvalue weighted by Crippen LogP contribution is -2.01. The molecule has 3 aromatic heterocycles. The fourth-order valence-corrected chi connectivity index (χ4v) is 7.56. The maximum atomic E-state index is 11.3. The number of phenolic OH excluding ortho intramolecular Hbond substituents is 1. The van der Waals surface area contributed by atoms with E-state index < -0.39 is 6.85 Å². The molecule has 0 atom stereocenters. The SMILES string of the molecule is [2H]C([2H])([2H])c1ccc(-n2c(-c3ccccc3O)nc3c(-c4cc(-c5cc(-c6ccccc6)ccn5)c5oc6ccccc6c5c4)cccc32)c(-c2ccccc2)c1. The summed E-state index contributed by atoms with van der Waals surface area (Å²) in [6.45, 7) is -2.31. The van der Waals surface area contributed by atoms with E-state index in [0.717, 1.165) is 77.8 Å². The van der Waals surface area contributed by atoms with E-state index in [9.17, 15) is 5.11 Å². The number of benzene rings is 7. The highest BCUT2D eigenvalue weighted by Gasteiger charge is 2.23. The van der Waals surface area contributed by atoms with E-state index in [1.165, 1.54) is 0 Å². The summed E-state index contributed by atoms with van der Waals surface area (Å²) in [5, 5.41) is 13.2. The van der Waals surface area contributed by atoms with Crippen molar-refractivity contribution >= 4 is 33.0 Å². The zero-order valence-electron chi connectivity index (χ0n) is 31.9. The molecule has 0 spiro atoms. The summed E-state index contributed by atoms with van der Waals surface area (Å²) >= 11 is 0. The van der Waals surface area contributed by atoms with Crippen LogP contribution in [0.3, 0.4) is 0 Å². The van der Waals surface area contributed by atoms with Crippen molar-refractivity contribution in [2.24, 2.45) is 0 Å². The Morgan fingerprint density at radius 2 is 1.33 bits per heavy atom. The lowest BCUT2D eigenvalue weighted by molar-refractivity contribution is 0.477. The molecule has 0 aliphatic heterocycles. The molecule has 0 fully saturated rings. The van der Waals surface area contributed by atoms with Crippen LogP contribution >= 0.6 is 0 Å². The molecule has 54 heavy (non-hydrogen) atoms. The van der Waals surface area contributed by atoms with Gasteiger partial charge >= 0.3 is 0 Å². The maximum absolute atomic E-state index is 11.3. The summed E-state index contributed by atoms with van der Waals surface area (Å²) in [5.74, 6) is 0.593. The summed E-state index contributed by atoms with van der Waals surface area (Å²) in [7, 11) is 0. The van der Waals surface area contributed by atoms with Crippen LogP contribution in [-0.2, 0) is 0 Å². The normalized spacial score (nSPS) is 12.6. The van der Waals surface area contributed by atoms with Gasteiger partial charge in [0, 0.05) is 37.8 Å². The molecule has 0 aliphatic rings. The standard InChI is InChI=1S/C49H33N3O2/c1-31-23-24-43(39(27-31)33-15-6-3-7-16-33)52-44-20-12-19-36(47(44)51-49(52)38-18-8-10-21-45(38)53)35-28-40-37-17-9-11-22-46(37)54-48(40)41(29-35)42-30-34(25-26-50-42)32-13-4-2-5-14-32/h2-30,53H,1H3/i1D3. The van der Waals surface area contributed by atoms with Gasteiger partial charge in [-0.2, -0.15) is 0 Å². The first-order valence-electron chi connectivity index (χ1n) is 19.3. The lowest BCUT2D eigenvalue weighted by atomic mass is 9.96. The molecule has 1 N–H and O–H groups in total. The average Bonchev–Trinajstić information content (AvgIpc) is 3.82. The third kappa shape index (κ3) is 5.25. The monoisotopic (exact) mass is 698 g/mol. The number of hydrogen-bond donors (Lipinski definition) is 1. The van der Waals surface area contributed by atoms with Crippen molar-refractivity contribution in [3.63, 3.8) is 0 Å². The smallest absolute Gasteiger partial charge is 0.149 e. The third-order valence-corrected chi connectivity index (χ3v) is 10.1. The minimum Gasteiger partial charge on any atom is -0.507 e. The number of aromatic nitrogens is 3. The fraction of sp³-hybridized carbons (Fsp3) is 0.0204. The number of aromatic hydroxyl groups is 1. The number of furan rings is 1. The molecular formula is C49H33N3O2. The highest BCUT2D eigenvalue weighted by atomic mass is 16.3. The first kappa shape index (κ1) is 28.4. The van der Waals surface area contributed by atoms with E-state index in [2.05, 4.69) is 42.5 Å². The van der Waals surface area contributed by atoms with Gasteiger partial charge in [-0.3, -0.25) is 9.55 Å². The molecule has 0 amide bonds. The summed E-state index contributed by atoms with van der Waals surface area (Å²) in [6, 6.07) is 54.9. The van der Waals surface area contributed by atoms with Crippen LogP contribution in [0.15, 0.2) is 180 Å². The van der Waals surface area contributed by atoms with Crippen LogP contribution in [0.5, 0.6) is 5.75 Å². The Balaban J connectivity index is 1.26. The number of aryl methyl sites for hydroxylation is 1. The Morgan fingerprint density at radius 3 is 2.17 bits per heavy atom. The molecule has 7 aromatic carbocycles. The molecule has 0 saturated heterocycles. The van der Waals surface area contributed by atoms with Gasteiger partial charge in [-0.1, -0.05) is 115 Å². The van der Waals surface area contributed by atoms with E-state index in [4.69, 9.17) is 18.5 Å². The van der Waals surface area contributed by atoms with Gasteiger partial charge in [-0.05, 0) is 89.8 Å². The highest BCUT2D eigenvalue weighted by Crippen LogP contribution is 2.43. The molecule has 0 radical (unpaired) electrons. The molecule has 5 heteroatoms. The zero-order valence-corrected chi connectivity index (χ0v) is 28.9. The van der Waals surface area contributed by atoms with Crippen LogP contribution in [0.2, 0.25) is 0 Å². The predicted molar refractivity (Wildman–Crippen MR) is 220 cm³/mol. The zero-order chi connectivity index (χ0) is 38.7. The van der Waals surface area contributed by atoms with E-state index in [1.54, 1.807) is 24.3 Å². The Labute approximate surface area is 316 Å². The van der Waals surface area contributed by atoms with Gasteiger partial charge in [0.2, 0.25) is 0 Å². The summed E-state index contributed by atoms with van der Waals surface area (Å²) in [4.78, 5) is 10.2. The Hall–Kier alpha value is -7.24. The molecule has 256 valence electrons. The molecular weight excluding hydrogens is 663 g/mol. The van der Waals surface area contributed by atoms with Crippen LogP contribution in [0.4, 0.5) is 0 Å². The van der Waals surface area contributed by atoms with Gasteiger partial charge in [0.25, 0.3) is 0 Å². The topological polar surface area (TPSA) is 64.1 Å². The highest BCUT2D eigenvalue weighted by molar-refractivity contribution is 6.12. The van der Waals surface area contributed by atoms with E-state index in [0.29, 0.717) is 16.9 Å². The second-order valence-corrected chi connectivity index (χ2v) is 13.4. The van der Waals surface area contributed by atoms with Crippen molar-refractivity contribution in [1.29, 1.82) is 0 Å². The number of rotatable bonds is 6. The molecule has 0 aliphatic carbocycles. The van der Waals surface area contributed by atoms with Gasteiger partial charge in [-0.15, -0.1) is 0 Å². The van der Waals surface area contributed by atoms with Crippen LogP contribution < -0.4 is 0 Å². The molecule has 0 unspecified atom stereocenters. The lowest BCUT2D eigenvalue weighted by Gasteiger charge is -2.16. The Bertz CT molecular complexity index is 3130. The summed E-state index contributed by atoms with van der Waals surface area (Å²) in [5.41, 5.74) is 11.6. The van der Waals surface area contributed by atoms with Gasteiger partial charge in [0.05, 0.1) is 28.0 Å². The third-order valence-electron chi connectivity index (χ3n) is 10.1. The number of fused-ring (bicyclic) bond motifs is 4. The average molecular weight is 699 g/mol. The number of nitrogens with zero attached hydrogens (tertiary/aromatic N) is 3. The van der Waals surface area contributed by atoms with Crippen molar-refractivity contribution in [1.82, 2.24) is 14.5 Å². The van der Waals surface area contributed by atoms with Crippen molar-refractivity contribution in [2.75, 3.05) is 0 Å². The summed E-state index contributed by atoms with van der Waals surface area (Å²) in [6.07, 6.45) is 1.83. The van der Waals surface area contributed by atoms with Gasteiger partial charge in [-0.25, -0.2) is 4.98 Å². The van der Waals surface area contributed by atoms with Crippen molar-refractivity contribution in [3.8, 4) is 67.5 Å². The minimum atomic E-state index is -2.31. The van der Waals surface area contributed by atoms with E-state index in [-0.39, 0.29) is 11.3 Å². The van der Waals surface area contributed by atoms with Gasteiger partial charge < -0.3 is 9.52 Å². The molecule has 3 heterocycles. The van der Waals surface area contributed by atoms with Crippen molar-refractivity contribution < 1.29 is 13.6 Å². The fourth-order valence-electron chi connectivity index (χ4n) is 7.56. The maximum Gasteiger partial charge on any atom is 0.149 e. The molecule has 5 nitrogen and oxygen atoms in total. The van der Waals surface area contributed by atoms with Crippen LogP contribution in [-0.4, -0.2) is 19.6 Å². The number of phenols is 1. The number of pyridine rings is 1. The minimum absolute atomic E-state index is 0.0777. The summed E-state index contributed by atoms with van der Waals surface area (Å²) < 4.78 is 33.3. The van der Waals surface area contributed by atoms with Crippen molar-refractivity contribution in [3.05, 3.63) is 182 Å². The number of imidazole rings is 1. The molecule has 10 rings (SSSR count). The molecule has 0 bridgehead atoms. The first-order valence-corrected chi connectivity index (χ1v) is 17.8. The van der Waals surface area contributed by atoms with Crippen LogP contribution in [0.25, 0.3) is 94.7 Å². The number of hydrogen-bond acceptors (Lipinski definition) is 4. The molecule has 10 aromatic rings. The van der Waals surface area contributed by atoms with Crippen LogP contribution in [0.1, 0.15) is 9.68 Å². The second-order valence-electron chi connectivity index (χ2n) is 13.4. The van der Waals surface area contributed by atoms with Crippen molar-refractivity contribution in [2.45, 2.75) is 6.85 Å². The van der Waals surface area contributed by atoms with Gasteiger partial charge in [0.1, 0.15) is 22.7 Å². The predicted octanol–water partition coefficient (Wildman–Crippen LogP) is 12.7. The Morgan fingerprint density at radius 1 is 0.574 bits per heavy atom. The van der Waals surface area contributed by atoms with Crippen LogP contribution in [0, 0.1) is 6.85 Å². The largest absolute Gasteiger partial charge is 0.507 e. The quantitative estimate of drug-likeness (QED) is 0.188. The second kappa shape index (κ2) is 12.8. The molecule has 0 saturated carbocycles. The van der Waals surface area contributed by atoms with E-state index in [1.807, 2.05) is 114 Å². The number of para-hydroxylation sites is 3. The first-order chi connectivity index (χ1) is 27.8. The van der Waals surface area contributed by atoms with E-state index >= 15 is 0 Å².